The SMILES string of the molecule is Nc1cccc(Oc2cc(Cl)nc(F)n2)c1. The van der Waals surface area contributed by atoms with E-state index in [-0.39, 0.29) is 11.0 Å². The van der Waals surface area contributed by atoms with E-state index < -0.39 is 6.08 Å². The lowest BCUT2D eigenvalue weighted by molar-refractivity contribution is 0.435. The minimum absolute atomic E-state index is 0.0218. The number of benzene rings is 1. The number of anilines is 1. The van der Waals surface area contributed by atoms with Crippen LogP contribution in [0, 0.1) is 6.08 Å². The number of rotatable bonds is 2. The summed E-state index contributed by atoms with van der Waals surface area (Å²) in [7, 11) is 0. The van der Waals surface area contributed by atoms with Crippen LogP contribution in [0.2, 0.25) is 5.15 Å². The van der Waals surface area contributed by atoms with Gasteiger partial charge in [0.05, 0.1) is 0 Å². The fraction of sp³-hybridized carbons (Fsp3) is 0. The van der Waals surface area contributed by atoms with Crippen LogP contribution in [0.4, 0.5) is 10.1 Å². The van der Waals surface area contributed by atoms with Crippen LogP contribution in [-0.2, 0) is 0 Å². The number of ether oxygens (including phenoxy) is 1. The molecule has 0 atom stereocenters. The van der Waals surface area contributed by atoms with Gasteiger partial charge in [0.1, 0.15) is 10.9 Å². The quantitative estimate of drug-likeness (QED) is 0.497. The highest BCUT2D eigenvalue weighted by atomic mass is 35.5. The van der Waals surface area contributed by atoms with Crippen LogP contribution < -0.4 is 10.5 Å². The van der Waals surface area contributed by atoms with Crippen LogP contribution in [0.25, 0.3) is 0 Å². The van der Waals surface area contributed by atoms with Gasteiger partial charge in [-0.3, -0.25) is 0 Å². The van der Waals surface area contributed by atoms with Crippen molar-refractivity contribution in [3.63, 3.8) is 0 Å². The maximum absolute atomic E-state index is 12.8. The van der Waals surface area contributed by atoms with Crippen molar-refractivity contribution in [2.24, 2.45) is 0 Å². The summed E-state index contributed by atoms with van der Waals surface area (Å²) in [4.78, 5) is 6.71. The Morgan fingerprint density at radius 1 is 1.25 bits per heavy atom. The summed E-state index contributed by atoms with van der Waals surface area (Å²) in [6, 6.07) is 8.00. The van der Waals surface area contributed by atoms with Crippen molar-refractivity contribution in [3.05, 3.63) is 41.6 Å². The minimum atomic E-state index is -0.939. The molecule has 2 rings (SSSR count). The van der Waals surface area contributed by atoms with Gasteiger partial charge in [0.25, 0.3) is 0 Å². The Bertz CT molecular complexity index is 501. The third-order valence-electron chi connectivity index (χ3n) is 1.72. The number of halogens is 2. The van der Waals surface area contributed by atoms with E-state index in [1.165, 1.54) is 6.07 Å². The molecule has 0 saturated carbocycles. The number of nitrogens with zero attached hydrogens (tertiary/aromatic N) is 2. The first-order chi connectivity index (χ1) is 7.63. The molecule has 82 valence electrons. The number of hydrogen-bond acceptors (Lipinski definition) is 4. The predicted molar refractivity (Wildman–Crippen MR) is 57.9 cm³/mol. The minimum Gasteiger partial charge on any atom is -0.439 e. The van der Waals surface area contributed by atoms with Gasteiger partial charge in [0.15, 0.2) is 0 Å². The highest BCUT2D eigenvalue weighted by molar-refractivity contribution is 6.29. The zero-order valence-corrected chi connectivity index (χ0v) is 8.78. The normalized spacial score (nSPS) is 10.1. The molecule has 0 unspecified atom stereocenters. The topological polar surface area (TPSA) is 61.0 Å². The number of nitrogen functional groups attached to an aromatic ring is 1. The van der Waals surface area contributed by atoms with Crippen LogP contribution in [-0.4, -0.2) is 9.97 Å². The van der Waals surface area contributed by atoms with E-state index in [2.05, 4.69) is 9.97 Å². The lowest BCUT2D eigenvalue weighted by Crippen LogP contribution is -1.94. The Balaban J connectivity index is 2.27. The largest absolute Gasteiger partial charge is 0.439 e. The van der Waals surface area contributed by atoms with Crippen molar-refractivity contribution >= 4 is 17.3 Å². The molecule has 1 heterocycles. The van der Waals surface area contributed by atoms with Gasteiger partial charge in [-0.25, -0.2) is 0 Å². The average molecular weight is 240 g/mol. The Hall–Kier alpha value is -1.88. The van der Waals surface area contributed by atoms with Gasteiger partial charge < -0.3 is 10.5 Å². The van der Waals surface area contributed by atoms with E-state index in [1.54, 1.807) is 24.3 Å². The number of aromatic nitrogens is 2. The number of hydrogen-bond donors (Lipinski definition) is 1. The molecule has 0 fully saturated rings. The summed E-state index contributed by atoms with van der Waals surface area (Å²) in [5.41, 5.74) is 6.10. The molecule has 0 aliphatic heterocycles. The van der Waals surface area contributed by atoms with Crippen molar-refractivity contribution in [3.8, 4) is 11.6 Å². The van der Waals surface area contributed by atoms with Crippen LogP contribution in [0.1, 0.15) is 0 Å². The third-order valence-corrected chi connectivity index (χ3v) is 1.92. The molecular weight excluding hydrogens is 233 g/mol. The molecule has 0 amide bonds. The second-order valence-corrected chi connectivity index (χ2v) is 3.36. The molecule has 1 aromatic heterocycles. The van der Waals surface area contributed by atoms with Crippen molar-refractivity contribution in [1.82, 2.24) is 9.97 Å². The van der Waals surface area contributed by atoms with Gasteiger partial charge in [-0.15, -0.1) is 0 Å². The van der Waals surface area contributed by atoms with Gasteiger partial charge in [0.2, 0.25) is 5.88 Å². The first-order valence-corrected chi connectivity index (χ1v) is 4.75. The predicted octanol–water partition coefficient (Wildman–Crippen LogP) is 2.64. The molecule has 16 heavy (non-hydrogen) atoms. The van der Waals surface area contributed by atoms with Gasteiger partial charge in [0, 0.05) is 17.8 Å². The van der Waals surface area contributed by atoms with Crippen LogP contribution in [0.3, 0.4) is 0 Å². The second kappa shape index (κ2) is 4.32. The van der Waals surface area contributed by atoms with E-state index in [1.807, 2.05) is 0 Å². The Labute approximate surface area is 95.9 Å². The van der Waals surface area contributed by atoms with Gasteiger partial charge in [-0.05, 0) is 12.1 Å². The third kappa shape index (κ3) is 2.58. The van der Waals surface area contributed by atoms with E-state index >= 15 is 0 Å². The molecule has 4 nitrogen and oxygen atoms in total. The summed E-state index contributed by atoms with van der Waals surface area (Å²) in [6.07, 6.45) is -0.939. The molecule has 0 aliphatic rings. The first kappa shape index (κ1) is 10.6. The summed E-state index contributed by atoms with van der Waals surface area (Å²) in [5, 5.41) is -0.0218. The van der Waals surface area contributed by atoms with Gasteiger partial charge in [-0.2, -0.15) is 14.4 Å². The van der Waals surface area contributed by atoms with E-state index in [9.17, 15) is 4.39 Å². The van der Waals surface area contributed by atoms with E-state index in [0.717, 1.165) is 0 Å². The Morgan fingerprint density at radius 3 is 2.75 bits per heavy atom. The van der Waals surface area contributed by atoms with E-state index in [4.69, 9.17) is 22.1 Å². The summed E-state index contributed by atoms with van der Waals surface area (Å²) in [5.74, 6) is 0.484. The molecule has 1 aromatic carbocycles. The monoisotopic (exact) mass is 239 g/mol. The fourth-order valence-electron chi connectivity index (χ4n) is 1.12. The standard InChI is InChI=1S/C10H7ClFN3O/c11-8-5-9(15-10(12)14-8)16-7-3-1-2-6(13)4-7/h1-5H,13H2. The molecule has 0 radical (unpaired) electrons. The number of nitrogens with two attached hydrogens (primary N) is 1. The maximum atomic E-state index is 12.8. The molecular formula is C10H7ClFN3O. The summed E-state index contributed by atoms with van der Waals surface area (Å²) >= 11 is 5.55. The molecule has 2 aromatic rings. The first-order valence-electron chi connectivity index (χ1n) is 4.37. The van der Waals surface area contributed by atoms with Crippen molar-refractivity contribution in [1.29, 1.82) is 0 Å². The van der Waals surface area contributed by atoms with Crippen LogP contribution in [0.15, 0.2) is 30.3 Å². The summed E-state index contributed by atoms with van der Waals surface area (Å²) in [6.45, 7) is 0. The molecule has 0 spiro atoms. The fourth-order valence-corrected chi connectivity index (χ4v) is 1.28. The Kier molecular flexibility index (Phi) is 2.87. The molecule has 0 saturated heterocycles. The molecule has 0 bridgehead atoms. The van der Waals surface area contributed by atoms with Crippen molar-refractivity contribution in [2.75, 3.05) is 5.73 Å². The lowest BCUT2D eigenvalue weighted by atomic mass is 10.3. The smallest absolute Gasteiger partial charge is 0.313 e. The van der Waals surface area contributed by atoms with Crippen LogP contribution >= 0.6 is 11.6 Å². The zero-order valence-electron chi connectivity index (χ0n) is 8.02. The average Bonchev–Trinajstić information content (AvgIpc) is 2.15. The van der Waals surface area contributed by atoms with Crippen molar-refractivity contribution < 1.29 is 9.13 Å². The zero-order chi connectivity index (χ0) is 11.5. The van der Waals surface area contributed by atoms with Crippen molar-refractivity contribution in [2.45, 2.75) is 0 Å². The van der Waals surface area contributed by atoms with Gasteiger partial charge >= 0.3 is 6.08 Å². The highest BCUT2D eigenvalue weighted by Crippen LogP contribution is 2.22. The highest BCUT2D eigenvalue weighted by Gasteiger charge is 2.04. The molecule has 6 heteroatoms. The lowest BCUT2D eigenvalue weighted by Gasteiger charge is -2.04. The molecule has 0 aliphatic carbocycles. The second-order valence-electron chi connectivity index (χ2n) is 2.97. The van der Waals surface area contributed by atoms with Crippen LogP contribution in [0.5, 0.6) is 11.6 Å². The Morgan fingerprint density at radius 2 is 2.06 bits per heavy atom. The molecule has 2 N–H and O–H groups in total. The van der Waals surface area contributed by atoms with E-state index in [0.29, 0.717) is 11.4 Å². The maximum Gasteiger partial charge on any atom is 0.313 e. The summed E-state index contributed by atoms with van der Waals surface area (Å²) < 4.78 is 18.1. The van der Waals surface area contributed by atoms with Gasteiger partial charge in [-0.1, -0.05) is 17.7 Å².